The predicted octanol–water partition coefficient (Wildman–Crippen LogP) is 3.94. The number of carbonyl (C=O) groups excluding carboxylic acids is 1. The predicted molar refractivity (Wildman–Crippen MR) is 93.6 cm³/mol. The largest absolute Gasteiger partial charge is 0.465 e. The van der Waals surface area contributed by atoms with Gasteiger partial charge in [-0.3, -0.25) is 4.79 Å². The first kappa shape index (κ1) is 16.0. The van der Waals surface area contributed by atoms with Crippen molar-refractivity contribution in [1.29, 1.82) is 0 Å². The minimum atomic E-state index is -0.954. The van der Waals surface area contributed by atoms with Gasteiger partial charge in [0.25, 0.3) is 0 Å². The molecule has 1 heterocycles. The summed E-state index contributed by atoms with van der Waals surface area (Å²) in [6, 6.07) is 18.1. The first-order valence-corrected chi connectivity index (χ1v) is 7.99. The molecule has 4 heteroatoms. The highest BCUT2D eigenvalue weighted by atomic mass is 16.4. The van der Waals surface area contributed by atoms with Crippen LogP contribution in [0.2, 0.25) is 0 Å². The van der Waals surface area contributed by atoms with Crippen molar-refractivity contribution in [3.8, 4) is 11.1 Å². The molecular weight excluding hydrogens is 302 g/mol. The maximum atomic E-state index is 12.2. The SMILES string of the molecule is O=C(/C=C/c1cccc(-c2ccccc2)c1)C1CCN(C(=O)O)C1. The van der Waals surface area contributed by atoms with Crippen molar-refractivity contribution in [3.05, 3.63) is 66.2 Å². The lowest BCUT2D eigenvalue weighted by molar-refractivity contribution is -0.117. The fourth-order valence-corrected chi connectivity index (χ4v) is 2.93. The fourth-order valence-electron chi connectivity index (χ4n) is 2.93. The van der Waals surface area contributed by atoms with E-state index in [0.717, 1.165) is 16.7 Å². The van der Waals surface area contributed by atoms with Gasteiger partial charge in [0.15, 0.2) is 5.78 Å². The fraction of sp³-hybridized carbons (Fsp3) is 0.200. The maximum Gasteiger partial charge on any atom is 0.407 e. The number of benzene rings is 2. The molecule has 122 valence electrons. The van der Waals surface area contributed by atoms with Gasteiger partial charge in [-0.25, -0.2) is 4.79 Å². The molecule has 0 aromatic heterocycles. The van der Waals surface area contributed by atoms with Gasteiger partial charge in [0.05, 0.1) is 0 Å². The Morgan fingerprint density at radius 3 is 2.50 bits per heavy atom. The number of likely N-dealkylation sites (tertiary alicyclic amines) is 1. The van der Waals surface area contributed by atoms with E-state index in [-0.39, 0.29) is 11.7 Å². The minimum Gasteiger partial charge on any atom is -0.465 e. The van der Waals surface area contributed by atoms with Crippen LogP contribution in [-0.2, 0) is 4.79 Å². The van der Waals surface area contributed by atoms with Gasteiger partial charge in [-0.05, 0) is 35.3 Å². The quantitative estimate of drug-likeness (QED) is 0.868. The van der Waals surface area contributed by atoms with Gasteiger partial charge in [-0.2, -0.15) is 0 Å². The number of rotatable bonds is 4. The highest BCUT2D eigenvalue weighted by Gasteiger charge is 2.29. The number of hydrogen-bond donors (Lipinski definition) is 1. The zero-order valence-electron chi connectivity index (χ0n) is 13.3. The van der Waals surface area contributed by atoms with E-state index in [9.17, 15) is 9.59 Å². The number of nitrogens with zero attached hydrogens (tertiary/aromatic N) is 1. The van der Waals surface area contributed by atoms with Crippen LogP contribution in [0.3, 0.4) is 0 Å². The van der Waals surface area contributed by atoms with Gasteiger partial charge in [0.1, 0.15) is 0 Å². The molecule has 0 aliphatic carbocycles. The Hall–Kier alpha value is -2.88. The number of allylic oxidation sites excluding steroid dienone is 1. The van der Waals surface area contributed by atoms with Crippen LogP contribution in [0.25, 0.3) is 17.2 Å². The molecule has 1 aliphatic heterocycles. The first-order chi connectivity index (χ1) is 11.6. The second kappa shape index (κ2) is 7.13. The lowest BCUT2D eigenvalue weighted by atomic mass is 10.0. The molecule has 1 fully saturated rings. The monoisotopic (exact) mass is 321 g/mol. The van der Waals surface area contributed by atoms with Crippen molar-refractivity contribution >= 4 is 18.0 Å². The molecule has 2 aromatic rings. The summed E-state index contributed by atoms with van der Waals surface area (Å²) >= 11 is 0. The van der Waals surface area contributed by atoms with Crippen LogP contribution >= 0.6 is 0 Å². The third-order valence-corrected chi connectivity index (χ3v) is 4.29. The molecule has 1 atom stereocenters. The van der Waals surface area contributed by atoms with E-state index in [1.165, 1.54) is 4.90 Å². The minimum absolute atomic E-state index is 0.0103. The molecule has 1 aliphatic rings. The van der Waals surface area contributed by atoms with Gasteiger partial charge in [-0.1, -0.05) is 54.6 Å². The lowest BCUT2D eigenvalue weighted by Crippen LogP contribution is -2.27. The first-order valence-electron chi connectivity index (χ1n) is 7.99. The molecule has 0 radical (unpaired) electrons. The Morgan fingerprint density at radius 1 is 1.04 bits per heavy atom. The van der Waals surface area contributed by atoms with Crippen LogP contribution in [0.5, 0.6) is 0 Å². The summed E-state index contributed by atoms with van der Waals surface area (Å²) in [5, 5.41) is 8.96. The molecular formula is C20H19NO3. The average Bonchev–Trinajstić information content (AvgIpc) is 3.11. The number of amides is 1. The third-order valence-electron chi connectivity index (χ3n) is 4.29. The zero-order chi connectivity index (χ0) is 16.9. The normalized spacial score (nSPS) is 17.3. The van der Waals surface area contributed by atoms with E-state index < -0.39 is 6.09 Å². The molecule has 0 bridgehead atoms. The Kier molecular flexibility index (Phi) is 4.75. The Labute approximate surface area is 141 Å². The van der Waals surface area contributed by atoms with Crippen molar-refractivity contribution < 1.29 is 14.7 Å². The van der Waals surface area contributed by atoms with Crippen molar-refractivity contribution in [2.45, 2.75) is 6.42 Å². The van der Waals surface area contributed by atoms with Crippen LogP contribution in [-0.4, -0.2) is 35.0 Å². The van der Waals surface area contributed by atoms with Crippen molar-refractivity contribution in [3.63, 3.8) is 0 Å². The van der Waals surface area contributed by atoms with E-state index in [2.05, 4.69) is 0 Å². The number of ketones is 1. The van der Waals surface area contributed by atoms with Gasteiger partial charge in [-0.15, -0.1) is 0 Å². The van der Waals surface area contributed by atoms with Gasteiger partial charge in [0.2, 0.25) is 0 Å². The molecule has 1 saturated heterocycles. The Bertz CT molecular complexity index is 767. The van der Waals surface area contributed by atoms with Crippen molar-refractivity contribution in [1.82, 2.24) is 4.90 Å². The number of hydrogen-bond acceptors (Lipinski definition) is 2. The van der Waals surface area contributed by atoms with E-state index in [1.807, 2.05) is 54.6 Å². The smallest absolute Gasteiger partial charge is 0.407 e. The Morgan fingerprint density at radius 2 is 1.79 bits per heavy atom. The van der Waals surface area contributed by atoms with Crippen LogP contribution in [0.1, 0.15) is 12.0 Å². The van der Waals surface area contributed by atoms with E-state index in [4.69, 9.17) is 5.11 Å². The highest BCUT2D eigenvalue weighted by molar-refractivity contribution is 5.96. The second-order valence-electron chi connectivity index (χ2n) is 5.94. The van der Waals surface area contributed by atoms with Crippen LogP contribution in [0.15, 0.2) is 60.7 Å². The van der Waals surface area contributed by atoms with E-state index >= 15 is 0 Å². The van der Waals surface area contributed by atoms with Crippen LogP contribution in [0, 0.1) is 5.92 Å². The molecule has 2 aromatic carbocycles. The summed E-state index contributed by atoms with van der Waals surface area (Å²) in [5.41, 5.74) is 3.19. The topological polar surface area (TPSA) is 57.6 Å². The highest BCUT2D eigenvalue weighted by Crippen LogP contribution is 2.21. The second-order valence-corrected chi connectivity index (χ2v) is 5.94. The maximum absolute atomic E-state index is 12.2. The van der Waals surface area contributed by atoms with Crippen molar-refractivity contribution in [2.24, 2.45) is 5.92 Å². The molecule has 0 saturated carbocycles. The Balaban J connectivity index is 1.69. The molecule has 24 heavy (non-hydrogen) atoms. The summed E-state index contributed by atoms with van der Waals surface area (Å²) in [7, 11) is 0. The van der Waals surface area contributed by atoms with Gasteiger partial charge >= 0.3 is 6.09 Å². The summed E-state index contributed by atoms with van der Waals surface area (Å²) in [6.45, 7) is 0.728. The third kappa shape index (κ3) is 3.71. The summed E-state index contributed by atoms with van der Waals surface area (Å²) in [4.78, 5) is 24.5. The standard InChI is InChI=1S/C20H19NO3/c22-19(18-11-12-21(14-18)20(23)24)10-9-15-5-4-8-17(13-15)16-6-2-1-3-7-16/h1-10,13,18H,11-12,14H2,(H,23,24)/b10-9+. The molecule has 1 amide bonds. The number of carboxylic acid groups (broad SMARTS) is 1. The average molecular weight is 321 g/mol. The molecule has 0 spiro atoms. The molecule has 1 N–H and O–H groups in total. The lowest BCUT2D eigenvalue weighted by Gasteiger charge is -2.10. The molecule has 4 nitrogen and oxygen atoms in total. The van der Waals surface area contributed by atoms with E-state index in [0.29, 0.717) is 19.5 Å². The summed E-state index contributed by atoms with van der Waals surface area (Å²) in [5.74, 6) is -0.237. The van der Waals surface area contributed by atoms with Crippen LogP contribution < -0.4 is 0 Å². The van der Waals surface area contributed by atoms with Crippen molar-refractivity contribution in [2.75, 3.05) is 13.1 Å². The summed E-state index contributed by atoms with van der Waals surface area (Å²) < 4.78 is 0. The van der Waals surface area contributed by atoms with Gasteiger partial charge < -0.3 is 10.0 Å². The number of carbonyl (C=O) groups is 2. The zero-order valence-corrected chi connectivity index (χ0v) is 13.3. The van der Waals surface area contributed by atoms with Gasteiger partial charge in [0, 0.05) is 19.0 Å². The molecule has 1 unspecified atom stereocenters. The summed E-state index contributed by atoms with van der Waals surface area (Å²) in [6.07, 6.45) is 3.02. The molecule has 3 rings (SSSR count). The van der Waals surface area contributed by atoms with E-state index in [1.54, 1.807) is 12.2 Å². The van der Waals surface area contributed by atoms with Crippen LogP contribution in [0.4, 0.5) is 4.79 Å².